The second-order valence-corrected chi connectivity index (χ2v) is 6.05. The van der Waals surface area contributed by atoms with Crippen molar-refractivity contribution >= 4 is 5.91 Å². The predicted molar refractivity (Wildman–Crippen MR) is 92.9 cm³/mol. The monoisotopic (exact) mass is 386 g/mol. The molecular weight excluding hydrogens is 368 g/mol. The summed E-state index contributed by atoms with van der Waals surface area (Å²) in [7, 11) is 1.62. The number of hydrogen-bond donors (Lipinski definition) is 0. The van der Waals surface area contributed by atoms with Crippen LogP contribution in [0.15, 0.2) is 33.4 Å². The minimum Gasteiger partial charge on any atom is -0.484 e. The molecule has 10 heteroatoms. The maximum Gasteiger partial charge on any atom is 0.276 e. The molecule has 0 fully saturated rings. The zero-order valence-electron chi connectivity index (χ0n) is 15.4. The Morgan fingerprint density at radius 1 is 1.21 bits per heavy atom. The highest BCUT2D eigenvalue weighted by atomic mass is 16.7. The zero-order valence-corrected chi connectivity index (χ0v) is 15.4. The normalized spacial score (nSPS) is 12.2. The molecule has 1 aliphatic heterocycles. The first kappa shape index (κ1) is 17.8. The van der Waals surface area contributed by atoms with Crippen molar-refractivity contribution < 1.29 is 27.9 Å². The van der Waals surface area contributed by atoms with Gasteiger partial charge in [0.25, 0.3) is 5.91 Å². The van der Waals surface area contributed by atoms with Crippen molar-refractivity contribution in [2.24, 2.45) is 0 Å². The SMILES string of the molecule is CCc1noc(CN(C)C(=O)c2coc(COc3ccc4c(c3)OCO4)n2)n1. The Bertz CT molecular complexity index is 982. The van der Waals surface area contributed by atoms with Gasteiger partial charge < -0.3 is 28.1 Å². The smallest absolute Gasteiger partial charge is 0.276 e. The molecule has 1 aliphatic rings. The molecule has 0 radical (unpaired) electrons. The molecule has 0 aliphatic carbocycles. The molecule has 28 heavy (non-hydrogen) atoms. The third-order valence-electron chi connectivity index (χ3n) is 4.02. The number of carbonyl (C=O) groups is 1. The van der Waals surface area contributed by atoms with Gasteiger partial charge in [-0.05, 0) is 12.1 Å². The van der Waals surface area contributed by atoms with Crippen LogP contribution in [-0.4, -0.2) is 39.8 Å². The van der Waals surface area contributed by atoms with Gasteiger partial charge in [-0.3, -0.25) is 4.79 Å². The standard InChI is InChI=1S/C18H18N4O6/c1-3-15-20-16(28-21-15)7-22(2)18(23)12-8-25-17(19-12)9-24-11-4-5-13-14(6-11)27-10-26-13/h4-6,8H,3,7,9-10H2,1-2H3. The number of amides is 1. The van der Waals surface area contributed by atoms with E-state index in [9.17, 15) is 4.79 Å². The number of hydrogen-bond acceptors (Lipinski definition) is 9. The molecule has 0 saturated heterocycles. The van der Waals surface area contributed by atoms with Crippen molar-refractivity contribution in [1.82, 2.24) is 20.0 Å². The Balaban J connectivity index is 1.34. The predicted octanol–water partition coefficient (Wildman–Crippen LogP) is 2.20. The lowest BCUT2D eigenvalue weighted by atomic mass is 10.3. The Hall–Kier alpha value is -3.56. The van der Waals surface area contributed by atoms with Crippen LogP contribution in [0.25, 0.3) is 0 Å². The maximum atomic E-state index is 12.5. The van der Waals surface area contributed by atoms with Crippen molar-refractivity contribution in [1.29, 1.82) is 0 Å². The fourth-order valence-corrected chi connectivity index (χ4v) is 2.56. The summed E-state index contributed by atoms with van der Waals surface area (Å²) in [6, 6.07) is 5.24. The van der Waals surface area contributed by atoms with Crippen LogP contribution in [0.3, 0.4) is 0 Å². The number of aromatic nitrogens is 3. The maximum absolute atomic E-state index is 12.5. The highest BCUT2D eigenvalue weighted by Gasteiger charge is 2.20. The van der Waals surface area contributed by atoms with Crippen LogP contribution in [0.2, 0.25) is 0 Å². The third kappa shape index (κ3) is 3.75. The second-order valence-electron chi connectivity index (χ2n) is 6.05. The van der Waals surface area contributed by atoms with E-state index in [4.69, 9.17) is 23.2 Å². The molecule has 2 aromatic heterocycles. The summed E-state index contributed by atoms with van der Waals surface area (Å²) in [5, 5.41) is 3.81. The van der Waals surface area contributed by atoms with Crippen LogP contribution < -0.4 is 14.2 Å². The second kappa shape index (κ2) is 7.59. The lowest BCUT2D eigenvalue weighted by Crippen LogP contribution is -2.26. The van der Waals surface area contributed by atoms with E-state index in [1.165, 1.54) is 11.2 Å². The summed E-state index contributed by atoms with van der Waals surface area (Å²) in [4.78, 5) is 22.3. The van der Waals surface area contributed by atoms with E-state index in [2.05, 4.69) is 15.1 Å². The number of oxazole rings is 1. The van der Waals surface area contributed by atoms with Crippen LogP contribution >= 0.6 is 0 Å². The minimum atomic E-state index is -0.325. The molecule has 1 amide bonds. The Morgan fingerprint density at radius 3 is 2.89 bits per heavy atom. The molecule has 4 rings (SSSR count). The molecule has 146 valence electrons. The number of aryl methyl sites for hydroxylation is 1. The first-order chi connectivity index (χ1) is 13.6. The van der Waals surface area contributed by atoms with Gasteiger partial charge in [0, 0.05) is 19.5 Å². The summed E-state index contributed by atoms with van der Waals surface area (Å²) in [5.41, 5.74) is 0.169. The number of fused-ring (bicyclic) bond motifs is 1. The van der Waals surface area contributed by atoms with Gasteiger partial charge >= 0.3 is 0 Å². The van der Waals surface area contributed by atoms with Crippen molar-refractivity contribution in [2.45, 2.75) is 26.5 Å². The quantitative estimate of drug-likeness (QED) is 0.603. The summed E-state index contributed by atoms with van der Waals surface area (Å²) in [6.45, 7) is 2.37. The number of nitrogens with zero attached hydrogens (tertiary/aromatic N) is 4. The van der Waals surface area contributed by atoms with Crippen LogP contribution in [-0.2, 0) is 19.6 Å². The van der Waals surface area contributed by atoms with Crippen LogP contribution in [0.1, 0.15) is 35.0 Å². The fraction of sp³-hybridized carbons (Fsp3) is 0.333. The topological polar surface area (TPSA) is 113 Å². The number of rotatable bonds is 7. The fourth-order valence-electron chi connectivity index (χ4n) is 2.56. The first-order valence-electron chi connectivity index (χ1n) is 8.66. The Labute approximate surface area is 160 Å². The Morgan fingerprint density at radius 2 is 2.07 bits per heavy atom. The van der Waals surface area contributed by atoms with Crippen LogP contribution in [0.4, 0.5) is 0 Å². The molecule has 0 bridgehead atoms. The van der Waals surface area contributed by atoms with Gasteiger partial charge in [0.15, 0.2) is 29.6 Å². The van der Waals surface area contributed by atoms with E-state index in [0.29, 0.717) is 35.4 Å². The molecule has 10 nitrogen and oxygen atoms in total. The summed E-state index contributed by atoms with van der Waals surface area (Å²) >= 11 is 0. The van der Waals surface area contributed by atoms with Gasteiger partial charge in [0.1, 0.15) is 18.6 Å². The molecule has 0 unspecified atom stereocenters. The molecule has 0 saturated carbocycles. The summed E-state index contributed by atoms with van der Waals surface area (Å²) in [5.74, 6) is 2.79. The van der Waals surface area contributed by atoms with Crippen LogP contribution in [0.5, 0.6) is 17.2 Å². The number of carbonyl (C=O) groups excluding carboxylic acids is 1. The van der Waals surface area contributed by atoms with Gasteiger partial charge in [-0.1, -0.05) is 12.1 Å². The molecule has 3 heterocycles. The highest BCUT2D eigenvalue weighted by molar-refractivity contribution is 5.91. The van der Waals surface area contributed by atoms with E-state index in [1.807, 2.05) is 6.92 Å². The molecule has 0 N–H and O–H groups in total. The largest absolute Gasteiger partial charge is 0.484 e. The molecular formula is C18H18N4O6. The molecule has 0 atom stereocenters. The van der Waals surface area contributed by atoms with E-state index >= 15 is 0 Å². The van der Waals surface area contributed by atoms with Gasteiger partial charge in [-0.2, -0.15) is 4.98 Å². The average Bonchev–Trinajstić information content (AvgIpc) is 3.45. The lowest BCUT2D eigenvalue weighted by molar-refractivity contribution is 0.0763. The van der Waals surface area contributed by atoms with E-state index in [1.54, 1.807) is 25.2 Å². The van der Waals surface area contributed by atoms with Gasteiger partial charge in [-0.25, -0.2) is 4.98 Å². The van der Waals surface area contributed by atoms with Gasteiger partial charge in [0.05, 0.1) is 0 Å². The molecule has 3 aromatic rings. The number of benzene rings is 1. The molecule has 0 spiro atoms. The van der Waals surface area contributed by atoms with Crippen molar-refractivity contribution in [3.8, 4) is 17.2 Å². The summed E-state index contributed by atoms with van der Waals surface area (Å²) in [6.07, 6.45) is 1.96. The zero-order chi connectivity index (χ0) is 19.5. The average molecular weight is 386 g/mol. The molecule has 1 aromatic carbocycles. The van der Waals surface area contributed by atoms with Crippen LogP contribution in [0, 0.1) is 0 Å². The van der Waals surface area contributed by atoms with Crippen molar-refractivity contribution in [3.05, 3.63) is 47.8 Å². The summed E-state index contributed by atoms with van der Waals surface area (Å²) < 4.78 is 26.6. The minimum absolute atomic E-state index is 0.0696. The lowest BCUT2D eigenvalue weighted by Gasteiger charge is -2.12. The van der Waals surface area contributed by atoms with E-state index < -0.39 is 0 Å². The van der Waals surface area contributed by atoms with E-state index in [0.717, 1.165) is 0 Å². The Kier molecular flexibility index (Phi) is 4.83. The number of ether oxygens (including phenoxy) is 3. The third-order valence-corrected chi connectivity index (χ3v) is 4.02. The van der Waals surface area contributed by atoms with E-state index in [-0.39, 0.29) is 37.4 Å². The van der Waals surface area contributed by atoms with Gasteiger partial charge in [0.2, 0.25) is 18.6 Å². The van der Waals surface area contributed by atoms with Crippen molar-refractivity contribution in [2.75, 3.05) is 13.8 Å². The van der Waals surface area contributed by atoms with Crippen molar-refractivity contribution in [3.63, 3.8) is 0 Å². The first-order valence-corrected chi connectivity index (χ1v) is 8.66. The van der Waals surface area contributed by atoms with Gasteiger partial charge in [-0.15, -0.1) is 0 Å². The highest BCUT2D eigenvalue weighted by Crippen LogP contribution is 2.35.